The quantitative estimate of drug-likeness (QED) is 0.464. The average Bonchev–Trinajstić information content (AvgIpc) is 2.20. The Balaban J connectivity index is 2.64. The zero-order valence-corrected chi connectivity index (χ0v) is 13.9. The molecule has 0 spiro atoms. The van der Waals surface area contributed by atoms with Gasteiger partial charge < -0.3 is 14.5 Å². The van der Waals surface area contributed by atoms with Crippen molar-refractivity contribution in [2.45, 2.75) is 58.2 Å². The molecule has 0 radical (unpaired) electrons. The first-order valence-electron chi connectivity index (χ1n) is 6.81. The molecule has 1 amide bonds. The number of carbonyl (C=O) groups is 1. The minimum Gasteiger partial charge on any atom is -0.413 e. The van der Waals surface area contributed by atoms with Crippen LogP contribution in [0.1, 0.15) is 27.7 Å². The Labute approximate surface area is 117 Å². The number of carbonyl (C=O) groups excluding carboxylic acids is 1. The van der Waals surface area contributed by atoms with Crippen molar-refractivity contribution in [3.05, 3.63) is 12.7 Å². The van der Waals surface area contributed by atoms with Crippen molar-refractivity contribution in [3.63, 3.8) is 0 Å². The van der Waals surface area contributed by atoms with Crippen LogP contribution in [-0.4, -0.2) is 33.2 Å². The second kappa shape index (κ2) is 5.77. The van der Waals surface area contributed by atoms with Gasteiger partial charge in [0.1, 0.15) is 12.1 Å². The van der Waals surface area contributed by atoms with Gasteiger partial charge in [0, 0.05) is 0 Å². The van der Waals surface area contributed by atoms with Crippen LogP contribution in [0.15, 0.2) is 12.7 Å². The van der Waals surface area contributed by atoms with Crippen molar-refractivity contribution in [2.75, 3.05) is 6.61 Å². The molecule has 3 atom stereocenters. The summed E-state index contributed by atoms with van der Waals surface area (Å²) in [6.45, 7) is 17.0. The van der Waals surface area contributed by atoms with Crippen LogP contribution < -0.4 is 5.32 Å². The normalized spacial score (nSPS) is 25.5. The Hall–Kier alpha value is -0.653. The first-order valence-corrected chi connectivity index (χ1v) is 9.71. The van der Waals surface area contributed by atoms with E-state index < -0.39 is 8.32 Å². The first-order chi connectivity index (χ1) is 8.60. The van der Waals surface area contributed by atoms with Crippen LogP contribution in [0.4, 0.5) is 0 Å². The number of rotatable bonds is 6. The lowest BCUT2D eigenvalue weighted by Crippen LogP contribution is -2.64. The van der Waals surface area contributed by atoms with E-state index in [4.69, 9.17) is 9.16 Å². The van der Waals surface area contributed by atoms with Crippen LogP contribution in [0, 0.1) is 5.92 Å². The Kier molecular flexibility index (Phi) is 4.98. The molecule has 4 nitrogen and oxygen atoms in total. The molecule has 0 unspecified atom stereocenters. The van der Waals surface area contributed by atoms with Gasteiger partial charge in [0.25, 0.3) is 0 Å². The SMILES string of the molecule is C=CCO[C@H]1NC(=O)[C@@H]1[C@@H](C)O[Si](C)(C)C(C)(C)C. The molecule has 110 valence electrons. The highest BCUT2D eigenvalue weighted by Gasteiger charge is 2.47. The molecular weight excluding hydrogens is 258 g/mol. The van der Waals surface area contributed by atoms with Crippen LogP contribution in [0.25, 0.3) is 0 Å². The molecule has 1 saturated heterocycles. The minimum absolute atomic E-state index is 0.0141. The maximum Gasteiger partial charge on any atom is 0.232 e. The van der Waals surface area contributed by atoms with Crippen molar-refractivity contribution >= 4 is 14.2 Å². The third-order valence-electron chi connectivity index (χ3n) is 4.10. The molecule has 0 aromatic carbocycles. The largest absolute Gasteiger partial charge is 0.413 e. The van der Waals surface area contributed by atoms with E-state index in [1.54, 1.807) is 6.08 Å². The van der Waals surface area contributed by atoms with Gasteiger partial charge in [-0.2, -0.15) is 0 Å². The summed E-state index contributed by atoms with van der Waals surface area (Å²) in [4.78, 5) is 11.7. The lowest BCUT2D eigenvalue weighted by molar-refractivity contribution is -0.160. The maximum atomic E-state index is 11.7. The fourth-order valence-corrected chi connectivity index (χ4v) is 3.29. The van der Waals surface area contributed by atoms with Gasteiger partial charge in [-0.25, -0.2) is 0 Å². The molecular formula is C14H27NO3Si. The second-order valence-corrected chi connectivity index (χ2v) is 11.4. The van der Waals surface area contributed by atoms with Crippen molar-refractivity contribution in [2.24, 2.45) is 5.92 Å². The third-order valence-corrected chi connectivity index (χ3v) is 8.67. The van der Waals surface area contributed by atoms with Crippen LogP contribution in [0.3, 0.4) is 0 Å². The van der Waals surface area contributed by atoms with E-state index in [1.807, 2.05) is 6.92 Å². The number of amides is 1. The van der Waals surface area contributed by atoms with E-state index in [9.17, 15) is 4.79 Å². The monoisotopic (exact) mass is 285 g/mol. The molecule has 1 aliphatic rings. The molecule has 1 fully saturated rings. The van der Waals surface area contributed by atoms with Gasteiger partial charge in [0.05, 0.1) is 12.7 Å². The van der Waals surface area contributed by atoms with Gasteiger partial charge in [-0.15, -0.1) is 6.58 Å². The van der Waals surface area contributed by atoms with Crippen LogP contribution in [0.5, 0.6) is 0 Å². The number of nitrogens with one attached hydrogen (secondary N) is 1. The summed E-state index contributed by atoms with van der Waals surface area (Å²) >= 11 is 0. The fourth-order valence-electron chi connectivity index (χ4n) is 1.86. The van der Waals surface area contributed by atoms with Gasteiger partial charge in [-0.05, 0) is 25.1 Å². The van der Waals surface area contributed by atoms with Gasteiger partial charge in [0.2, 0.25) is 5.91 Å². The molecule has 0 aliphatic carbocycles. The van der Waals surface area contributed by atoms with Crippen molar-refractivity contribution in [3.8, 4) is 0 Å². The molecule has 0 bridgehead atoms. The van der Waals surface area contributed by atoms with Gasteiger partial charge >= 0.3 is 0 Å². The first kappa shape index (κ1) is 16.4. The Bertz CT molecular complexity index is 349. The smallest absolute Gasteiger partial charge is 0.232 e. The summed E-state index contributed by atoms with van der Waals surface area (Å²) < 4.78 is 11.8. The highest BCUT2D eigenvalue weighted by Crippen LogP contribution is 2.39. The summed E-state index contributed by atoms with van der Waals surface area (Å²) in [6, 6.07) is 0. The van der Waals surface area contributed by atoms with Crippen LogP contribution >= 0.6 is 0 Å². The predicted octanol–water partition coefficient (Wildman–Crippen LogP) is 2.67. The Morgan fingerprint density at radius 3 is 2.47 bits per heavy atom. The fraction of sp³-hybridized carbons (Fsp3) is 0.786. The number of β-lactam (4-membered cyclic amide) rings is 1. The van der Waals surface area contributed by atoms with E-state index >= 15 is 0 Å². The average molecular weight is 285 g/mol. The molecule has 1 heterocycles. The van der Waals surface area contributed by atoms with Crippen molar-refractivity contribution in [1.82, 2.24) is 5.32 Å². The lowest BCUT2D eigenvalue weighted by Gasteiger charge is -2.44. The van der Waals surface area contributed by atoms with Crippen LogP contribution in [-0.2, 0) is 14.0 Å². The van der Waals surface area contributed by atoms with Crippen molar-refractivity contribution < 1.29 is 14.0 Å². The summed E-state index contributed by atoms with van der Waals surface area (Å²) in [7, 11) is -1.86. The summed E-state index contributed by atoms with van der Waals surface area (Å²) in [5, 5.41) is 2.90. The van der Waals surface area contributed by atoms with E-state index in [-0.39, 0.29) is 29.2 Å². The summed E-state index contributed by atoms with van der Waals surface area (Å²) in [5.74, 6) is -0.200. The summed E-state index contributed by atoms with van der Waals surface area (Å²) in [6.07, 6.45) is 1.32. The Morgan fingerprint density at radius 2 is 2.05 bits per heavy atom. The zero-order valence-electron chi connectivity index (χ0n) is 12.9. The maximum absolute atomic E-state index is 11.7. The third kappa shape index (κ3) is 3.67. The molecule has 1 N–H and O–H groups in total. The standard InChI is InChI=1S/C14H27NO3Si/c1-8-9-17-13-11(12(16)15-13)10(2)18-19(6,7)14(3,4)5/h8,10-11,13H,1,9H2,2-7H3,(H,15,16)/t10-,11+,13-/m1/s1. The molecule has 1 aliphatic heterocycles. The van der Waals surface area contributed by atoms with E-state index in [1.165, 1.54) is 0 Å². The number of hydrogen-bond acceptors (Lipinski definition) is 3. The molecule has 0 aromatic heterocycles. The van der Waals surface area contributed by atoms with E-state index in [2.05, 4.69) is 45.8 Å². The van der Waals surface area contributed by atoms with E-state index in [0.29, 0.717) is 6.61 Å². The van der Waals surface area contributed by atoms with Crippen molar-refractivity contribution in [1.29, 1.82) is 0 Å². The van der Waals surface area contributed by atoms with E-state index in [0.717, 1.165) is 0 Å². The molecule has 19 heavy (non-hydrogen) atoms. The molecule has 0 saturated carbocycles. The zero-order chi connectivity index (χ0) is 14.8. The molecule has 1 rings (SSSR count). The summed E-state index contributed by atoms with van der Waals surface area (Å²) in [5.41, 5.74) is 0. The van der Waals surface area contributed by atoms with Gasteiger partial charge in [0.15, 0.2) is 8.32 Å². The second-order valence-electron chi connectivity index (χ2n) is 6.66. The molecule has 5 heteroatoms. The number of ether oxygens (including phenoxy) is 1. The topological polar surface area (TPSA) is 47.6 Å². The Morgan fingerprint density at radius 1 is 1.47 bits per heavy atom. The highest BCUT2D eigenvalue weighted by atomic mass is 28.4. The number of hydrogen-bond donors (Lipinski definition) is 1. The minimum atomic E-state index is -1.86. The van der Waals surface area contributed by atoms with Gasteiger partial charge in [-0.3, -0.25) is 4.79 Å². The lowest BCUT2D eigenvalue weighted by atomic mass is 9.93. The predicted molar refractivity (Wildman–Crippen MR) is 79.3 cm³/mol. The highest BCUT2D eigenvalue weighted by molar-refractivity contribution is 6.74. The van der Waals surface area contributed by atoms with Crippen LogP contribution in [0.2, 0.25) is 18.1 Å². The van der Waals surface area contributed by atoms with Gasteiger partial charge in [-0.1, -0.05) is 26.8 Å². The molecule has 0 aromatic rings.